The number of piperazine rings is 1. The topological polar surface area (TPSA) is 59.1 Å². The van der Waals surface area contributed by atoms with Crippen LogP contribution in [0.25, 0.3) is 0 Å². The zero-order valence-corrected chi connectivity index (χ0v) is 17.3. The van der Waals surface area contributed by atoms with E-state index in [1.54, 1.807) is 24.3 Å². The second-order valence-corrected chi connectivity index (χ2v) is 8.73. The summed E-state index contributed by atoms with van der Waals surface area (Å²) in [4.78, 5) is 2.22. The summed E-state index contributed by atoms with van der Waals surface area (Å²) in [7, 11) is -0.712. The quantitative estimate of drug-likeness (QED) is 0.725. The van der Waals surface area contributed by atoms with Gasteiger partial charge in [0.15, 0.2) is 0 Å². The van der Waals surface area contributed by atoms with Gasteiger partial charge in [0.25, 0.3) is 0 Å². The summed E-state index contributed by atoms with van der Waals surface area (Å²) < 4.78 is 38.0. The fraction of sp³-hybridized carbons (Fsp3) is 0.333. The molecule has 6 nitrogen and oxygen atoms in total. The van der Waals surface area contributed by atoms with Crippen molar-refractivity contribution in [3.63, 3.8) is 0 Å². The Bertz CT molecular complexity index is 929. The molecule has 0 unspecified atom stereocenters. The van der Waals surface area contributed by atoms with E-state index in [2.05, 4.69) is 4.90 Å². The van der Waals surface area contributed by atoms with Crippen LogP contribution >= 0.6 is 23.2 Å². The standard InChI is InChI=1S/C18H20Cl2N2O4S/c1-25-14-4-6-18(17(12-14)26-2)27(23,24)22-9-7-21(8-10-22)13-3-5-15(19)16(20)11-13/h3-6,11-12H,7-10H2,1-2H3. The molecule has 2 aromatic rings. The largest absolute Gasteiger partial charge is 0.497 e. The molecule has 1 aliphatic heterocycles. The monoisotopic (exact) mass is 430 g/mol. The average molecular weight is 431 g/mol. The highest BCUT2D eigenvalue weighted by Crippen LogP contribution is 2.32. The maximum atomic E-state index is 13.1. The third-order valence-electron chi connectivity index (χ3n) is 4.50. The highest BCUT2D eigenvalue weighted by Gasteiger charge is 2.31. The third-order valence-corrected chi connectivity index (χ3v) is 7.17. The SMILES string of the molecule is COc1ccc(S(=O)(=O)N2CCN(c3ccc(Cl)c(Cl)c3)CC2)c(OC)c1. The predicted molar refractivity (Wildman–Crippen MR) is 107 cm³/mol. The van der Waals surface area contributed by atoms with Gasteiger partial charge in [-0.3, -0.25) is 0 Å². The summed E-state index contributed by atoms with van der Waals surface area (Å²) in [6.07, 6.45) is 0. The van der Waals surface area contributed by atoms with E-state index in [4.69, 9.17) is 32.7 Å². The molecule has 1 aliphatic rings. The first kappa shape index (κ1) is 20.1. The van der Waals surface area contributed by atoms with Gasteiger partial charge in [-0.15, -0.1) is 0 Å². The van der Waals surface area contributed by atoms with E-state index in [0.29, 0.717) is 42.0 Å². The lowest BCUT2D eigenvalue weighted by Crippen LogP contribution is -2.48. The molecule has 0 aromatic heterocycles. The minimum Gasteiger partial charge on any atom is -0.497 e. The molecule has 1 fully saturated rings. The molecule has 0 radical (unpaired) electrons. The number of hydrogen-bond acceptors (Lipinski definition) is 5. The third kappa shape index (κ3) is 4.11. The first-order valence-electron chi connectivity index (χ1n) is 8.29. The van der Waals surface area contributed by atoms with Crippen LogP contribution < -0.4 is 14.4 Å². The van der Waals surface area contributed by atoms with Gasteiger partial charge in [-0.25, -0.2) is 8.42 Å². The number of nitrogens with zero attached hydrogens (tertiary/aromatic N) is 2. The molecule has 3 rings (SSSR count). The summed E-state index contributed by atoms with van der Waals surface area (Å²) in [6, 6.07) is 10.1. The lowest BCUT2D eigenvalue weighted by atomic mass is 10.2. The van der Waals surface area contributed by atoms with Crippen LogP contribution in [-0.4, -0.2) is 53.1 Å². The van der Waals surface area contributed by atoms with Gasteiger partial charge in [-0.05, 0) is 30.3 Å². The van der Waals surface area contributed by atoms with Crippen molar-refractivity contribution in [3.8, 4) is 11.5 Å². The van der Waals surface area contributed by atoms with Crippen LogP contribution in [0.3, 0.4) is 0 Å². The lowest BCUT2D eigenvalue weighted by molar-refractivity contribution is 0.370. The second-order valence-electron chi connectivity index (χ2n) is 6.01. The van der Waals surface area contributed by atoms with Crippen molar-refractivity contribution in [1.82, 2.24) is 4.31 Å². The van der Waals surface area contributed by atoms with Gasteiger partial charge in [0, 0.05) is 37.9 Å². The molecule has 0 atom stereocenters. The highest BCUT2D eigenvalue weighted by atomic mass is 35.5. The maximum Gasteiger partial charge on any atom is 0.246 e. The molecule has 0 spiro atoms. The molecule has 1 heterocycles. The Morgan fingerprint density at radius 2 is 1.59 bits per heavy atom. The number of benzene rings is 2. The predicted octanol–water partition coefficient (Wildman–Crippen LogP) is 3.52. The Balaban J connectivity index is 1.77. The van der Waals surface area contributed by atoms with E-state index in [1.165, 1.54) is 24.6 Å². The van der Waals surface area contributed by atoms with Crippen molar-refractivity contribution in [2.75, 3.05) is 45.3 Å². The van der Waals surface area contributed by atoms with Crippen molar-refractivity contribution in [1.29, 1.82) is 0 Å². The van der Waals surface area contributed by atoms with Crippen LogP contribution in [0.4, 0.5) is 5.69 Å². The molecule has 27 heavy (non-hydrogen) atoms. The van der Waals surface area contributed by atoms with Gasteiger partial charge in [-0.2, -0.15) is 4.31 Å². The minimum absolute atomic E-state index is 0.133. The zero-order chi connectivity index (χ0) is 19.6. The lowest BCUT2D eigenvalue weighted by Gasteiger charge is -2.35. The maximum absolute atomic E-state index is 13.1. The molecule has 9 heteroatoms. The van der Waals surface area contributed by atoms with E-state index in [-0.39, 0.29) is 10.6 Å². The fourth-order valence-electron chi connectivity index (χ4n) is 3.00. The molecule has 0 N–H and O–H groups in total. The molecule has 0 aliphatic carbocycles. The summed E-state index contributed by atoms with van der Waals surface area (Å²) in [6.45, 7) is 1.82. The van der Waals surface area contributed by atoms with Gasteiger partial charge in [0.05, 0.1) is 24.3 Å². The number of sulfonamides is 1. The smallest absolute Gasteiger partial charge is 0.246 e. The van der Waals surface area contributed by atoms with E-state index in [1.807, 2.05) is 6.07 Å². The Morgan fingerprint density at radius 1 is 0.889 bits per heavy atom. The molecule has 1 saturated heterocycles. The van der Waals surface area contributed by atoms with Gasteiger partial charge >= 0.3 is 0 Å². The summed E-state index contributed by atoms with van der Waals surface area (Å²) in [5.41, 5.74) is 0.920. The molecular weight excluding hydrogens is 411 g/mol. The minimum atomic E-state index is -3.67. The number of rotatable bonds is 5. The van der Waals surface area contributed by atoms with Gasteiger partial charge in [-0.1, -0.05) is 23.2 Å². The van der Waals surface area contributed by atoms with Crippen molar-refractivity contribution >= 4 is 38.9 Å². The number of methoxy groups -OCH3 is 2. The molecule has 0 amide bonds. The average Bonchev–Trinajstić information content (AvgIpc) is 2.69. The van der Waals surface area contributed by atoms with Gasteiger partial charge in [0.1, 0.15) is 16.4 Å². The fourth-order valence-corrected chi connectivity index (χ4v) is 4.85. The summed E-state index contributed by atoms with van der Waals surface area (Å²) in [5, 5.41) is 0.973. The summed E-state index contributed by atoms with van der Waals surface area (Å²) >= 11 is 12.0. The van der Waals surface area contributed by atoms with Crippen LogP contribution in [0, 0.1) is 0 Å². The van der Waals surface area contributed by atoms with Crippen molar-refractivity contribution in [3.05, 3.63) is 46.4 Å². The normalized spacial score (nSPS) is 15.6. The van der Waals surface area contributed by atoms with Crippen LogP contribution in [0.15, 0.2) is 41.3 Å². The Labute approximate surface area is 169 Å². The second kappa shape index (κ2) is 8.14. The van der Waals surface area contributed by atoms with Crippen LogP contribution in [0.2, 0.25) is 10.0 Å². The van der Waals surface area contributed by atoms with Crippen molar-refractivity contribution < 1.29 is 17.9 Å². The van der Waals surface area contributed by atoms with E-state index in [0.717, 1.165) is 5.69 Å². The van der Waals surface area contributed by atoms with Gasteiger partial charge in [0.2, 0.25) is 10.0 Å². The van der Waals surface area contributed by atoms with Crippen LogP contribution in [0.5, 0.6) is 11.5 Å². The summed E-state index contributed by atoms with van der Waals surface area (Å²) in [5.74, 6) is 0.802. The zero-order valence-electron chi connectivity index (χ0n) is 15.0. The van der Waals surface area contributed by atoms with Crippen molar-refractivity contribution in [2.45, 2.75) is 4.90 Å². The van der Waals surface area contributed by atoms with Crippen molar-refractivity contribution in [2.24, 2.45) is 0 Å². The van der Waals surface area contributed by atoms with E-state index < -0.39 is 10.0 Å². The number of ether oxygens (including phenoxy) is 2. The molecular formula is C18H20Cl2N2O4S. The molecule has 0 bridgehead atoms. The first-order chi connectivity index (χ1) is 12.9. The Kier molecular flexibility index (Phi) is 6.05. The highest BCUT2D eigenvalue weighted by molar-refractivity contribution is 7.89. The number of anilines is 1. The van der Waals surface area contributed by atoms with Gasteiger partial charge < -0.3 is 14.4 Å². The van der Waals surface area contributed by atoms with E-state index >= 15 is 0 Å². The Hall–Kier alpha value is -1.67. The van der Waals surface area contributed by atoms with Crippen LogP contribution in [0.1, 0.15) is 0 Å². The Morgan fingerprint density at radius 3 is 2.19 bits per heavy atom. The molecule has 146 valence electrons. The number of hydrogen-bond donors (Lipinski definition) is 0. The first-order valence-corrected chi connectivity index (χ1v) is 10.5. The van der Waals surface area contributed by atoms with Crippen LogP contribution in [-0.2, 0) is 10.0 Å². The van der Waals surface area contributed by atoms with E-state index in [9.17, 15) is 8.42 Å². The molecule has 0 saturated carbocycles. The number of halogens is 2. The molecule has 2 aromatic carbocycles.